The molecule has 0 aliphatic carbocycles. The largest absolute Gasteiger partial charge is 0.496 e. The fraction of sp³-hybridized carbons (Fsp3) is 0.238. The molecule has 0 saturated carbocycles. The summed E-state index contributed by atoms with van der Waals surface area (Å²) in [5.41, 5.74) is 1.77. The fourth-order valence-electron chi connectivity index (χ4n) is 3.46. The molecule has 0 radical (unpaired) electrons. The minimum Gasteiger partial charge on any atom is -0.496 e. The molecule has 3 N–H and O–H groups in total. The Kier molecular flexibility index (Phi) is 5.74. The number of aliphatic hydroxyl groups is 1. The summed E-state index contributed by atoms with van der Waals surface area (Å²) in [5, 5.41) is 28.5. The molecule has 0 saturated heterocycles. The van der Waals surface area contributed by atoms with E-state index in [0.717, 1.165) is 6.08 Å². The van der Waals surface area contributed by atoms with Gasteiger partial charge in [-0.05, 0) is 35.4 Å². The summed E-state index contributed by atoms with van der Waals surface area (Å²) in [7, 11) is 2.91. The maximum absolute atomic E-state index is 12.2. The van der Waals surface area contributed by atoms with Gasteiger partial charge in [0, 0.05) is 17.2 Å². The van der Waals surface area contributed by atoms with Crippen molar-refractivity contribution >= 4 is 18.0 Å². The van der Waals surface area contributed by atoms with Gasteiger partial charge in [-0.2, -0.15) is 0 Å². The van der Waals surface area contributed by atoms with Gasteiger partial charge in [-0.3, -0.25) is 4.79 Å². The van der Waals surface area contributed by atoms with Crippen LogP contribution in [-0.2, 0) is 16.2 Å². The molecule has 8 nitrogen and oxygen atoms in total. The van der Waals surface area contributed by atoms with Crippen LogP contribution in [-0.4, -0.2) is 41.5 Å². The van der Waals surface area contributed by atoms with E-state index in [4.69, 9.17) is 19.3 Å². The van der Waals surface area contributed by atoms with Crippen molar-refractivity contribution in [3.8, 4) is 17.2 Å². The maximum Gasteiger partial charge on any atom is 0.328 e. The number of methoxy groups -OCH3 is 2. The molecule has 1 aliphatic rings. The minimum absolute atomic E-state index is 0.249. The zero-order valence-corrected chi connectivity index (χ0v) is 15.8. The van der Waals surface area contributed by atoms with Gasteiger partial charge >= 0.3 is 11.9 Å². The van der Waals surface area contributed by atoms with E-state index in [1.807, 2.05) is 0 Å². The lowest BCUT2D eigenvalue weighted by atomic mass is 9.87. The minimum atomic E-state index is -1.15. The van der Waals surface area contributed by atoms with Crippen LogP contribution < -0.4 is 14.2 Å². The Morgan fingerprint density at radius 3 is 2.38 bits per heavy atom. The average molecular weight is 400 g/mol. The summed E-state index contributed by atoms with van der Waals surface area (Å²) in [6.45, 7) is -0.287. The Morgan fingerprint density at radius 2 is 1.79 bits per heavy atom. The molecule has 0 spiro atoms. The molecule has 0 amide bonds. The van der Waals surface area contributed by atoms with E-state index in [9.17, 15) is 19.8 Å². The summed E-state index contributed by atoms with van der Waals surface area (Å²) in [6, 6.07) is 8.11. The second-order valence-electron chi connectivity index (χ2n) is 6.36. The van der Waals surface area contributed by atoms with E-state index < -0.39 is 24.0 Å². The van der Waals surface area contributed by atoms with Crippen molar-refractivity contribution in [2.45, 2.75) is 18.6 Å². The van der Waals surface area contributed by atoms with Crippen molar-refractivity contribution < 1.29 is 39.1 Å². The quantitative estimate of drug-likeness (QED) is 0.606. The van der Waals surface area contributed by atoms with Gasteiger partial charge in [0.05, 0.1) is 20.8 Å². The third-order valence-corrected chi connectivity index (χ3v) is 4.75. The first kappa shape index (κ1) is 20.2. The summed E-state index contributed by atoms with van der Waals surface area (Å²) in [4.78, 5) is 23.1. The summed E-state index contributed by atoms with van der Waals surface area (Å²) >= 11 is 0. The van der Waals surface area contributed by atoms with Crippen molar-refractivity contribution in [1.29, 1.82) is 0 Å². The smallest absolute Gasteiger partial charge is 0.328 e. The number of fused-ring (bicyclic) bond motifs is 1. The van der Waals surface area contributed by atoms with Crippen LogP contribution >= 0.6 is 0 Å². The first-order valence-corrected chi connectivity index (χ1v) is 8.70. The van der Waals surface area contributed by atoms with E-state index in [2.05, 4.69) is 0 Å². The normalized spacial score (nSPS) is 17.6. The van der Waals surface area contributed by atoms with Gasteiger partial charge in [-0.25, -0.2) is 4.79 Å². The Hall–Kier alpha value is -3.52. The molecule has 29 heavy (non-hydrogen) atoms. The van der Waals surface area contributed by atoms with Crippen LogP contribution in [0.2, 0.25) is 0 Å². The number of rotatable bonds is 7. The van der Waals surface area contributed by atoms with Crippen LogP contribution in [0.15, 0.2) is 36.4 Å². The van der Waals surface area contributed by atoms with Gasteiger partial charge < -0.3 is 29.5 Å². The van der Waals surface area contributed by atoms with Gasteiger partial charge in [0.15, 0.2) is 11.5 Å². The van der Waals surface area contributed by atoms with E-state index in [-0.39, 0.29) is 12.4 Å². The maximum atomic E-state index is 12.2. The third-order valence-electron chi connectivity index (χ3n) is 4.75. The molecule has 3 rings (SSSR count). The topological polar surface area (TPSA) is 123 Å². The number of carboxylic acid groups (broad SMARTS) is 2. The summed E-state index contributed by atoms with van der Waals surface area (Å²) in [6.07, 6.45) is 1.37. The highest BCUT2D eigenvalue weighted by Crippen LogP contribution is 2.52. The lowest BCUT2D eigenvalue weighted by Gasteiger charge is -2.18. The molecule has 2 aromatic rings. The highest BCUT2D eigenvalue weighted by molar-refractivity contribution is 5.88. The van der Waals surface area contributed by atoms with Crippen molar-refractivity contribution in [1.82, 2.24) is 0 Å². The third kappa shape index (κ3) is 3.74. The standard InChI is InChI=1S/C21H20O8/c1-27-14-6-4-12(9-13(14)10-22)19-18(21(25)26)17-11(5-8-16(23)24)3-7-15(28-2)20(17)29-19/h3-9,18-19,22H,10H2,1-2H3,(H,23,24)(H,25,26)/t18-,19?/m0/s1. The van der Waals surface area contributed by atoms with E-state index in [0.29, 0.717) is 33.8 Å². The molecular weight excluding hydrogens is 380 g/mol. The number of carboxylic acids is 2. The number of aliphatic carboxylic acids is 2. The van der Waals surface area contributed by atoms with Gasteiger partial charge in [-0.15, -0.1) is 0 Å². The van der Waals surface area contributed by atoms with E-state index >= 15 is 0 Å². The first-order chi connectivity index (χ1) is 13.9. The van der Waals surface area contributed by atoms with Crippen molar-refractivity contribution in [2.75, 3.05) is 14.2 Å². The molecule has 2 atom stereocenters. The zero-order chi connectivity index (χ0) is 21.1. The second kappa shape index (κ2) is 8.24. The molecule has 1 heterocycles. The predicted molar refractivity (Wildman–Crippen MR) is 102 cm³/mol. The molecule has 2 aromatic carbocycles. The highest BCUT2D eigenvalue weighted by Gasteiger charge is 2.43. The molecule has 0 bridgehead atoms. The fourth-order valence-corrected chi connectivity index (χ4v) is 3.46. The molecule has 1 unspecified atom stereocenters. The summed E-state index contributed by atoms with van der Waals surface area (Å²) in [5.74, 6) is -2.32. The summed E-state index contributed by atoms with van der Waals surface area (Å²) < 4.78 is 16.5. The van der Waals surface area contributed by atoms with Crippen molar-refractivity contribution in [2.24, 2.45) is 0 Å². The van der Waals surface area contributed by atoms with Crippen LogP contribution in [0.5, 0.6) is 17.2 Å². The van der Waals surface area contributed by atoms with E-state index in [1.54, 1.807) is 30.3 Å². The van der Waals surface area contributed by atoms with Crippen LogP contribution in [0.4, 0.5) is 0 Å². The number of ether oxygens (including phenoxy) is 3. The van der Waals surface area contributed by atoms with Gasteiger partial charge in [0.1, 0.15) is 17.8 Å². The van der Waals surface area contributed by atoms with Crippen molar-refractivity contribution in [3.05, 3.63) is 58.7 Å². The molecular formula is C21H20O8. The van der Waals surface area contributed by atoms with Crippen LogP contribution in [0.1, 0.15) is 34.3 Å². The monoisotopic (exact) mass is 400 g/mol. The molecule has 0 fully saturated rings. The van der Waals surface area contributed by atoms with Crippen LogP contribution in [0.3, 0.4) is 0 Å². The predicted octanol–water partition coefficient (Wildman–Crippen LogP) is 2.60. The SMILES string of the molecule is COc1ccc(C2Oc3c(OC)ccc(C=CC(=O)O)c3[C@@H]2C(=O)O)cc1CO. The van der Waals surface area contributed by atoms with Crippen LogP contribution in [0, 0.1) is 0 Å². The Balaban J connectivity index is 2.16. The highest BCUT2D eigenvalue weighted by atomic mass is 16.5. The number of aliphatic hydroxyl groups excluding tert-OH is 1. The van der Waals surface area contributed by atoms with Gasteiger partial charge in [0.2, 0.25) is 0 Å². The number of hydrogen-bond acceptors (Lipinski definition) is 6. The van der Waals surface area contributed by atoms with Crippen LogP contribution in [0.25, 0.3) is 6.08 Å². The number of hydrogen-bond donors (Lipinski definition) is 3. The van der Waals surface area contributed by atoms with Crippen molar-refractivity contribution in [3.63, 3.8) is 0 Å². The first-order valence-electron chi connectivity index (χ1n) is 8.70. The average Bonchev–Trinajstić information content (AvgIpc) is 3.12. The number of carbonyl (C=O) groups is 2. The van der Waals surface area contributed by atoms with Gasteiger partial charge in [0.25, 0.3) is 0 Å². The Bertz CT molecular complexity index is 979. The molecule has 152 valence electrons. The second-order valence-corrected chi connectivity index (χ2v) is 6.36. The Labute approximate surface area is 166 Å². The molecule has 0 aromatic heterocycles. The lowest BCUT2D eigenvalue weighted by Crippen LogP contribution is -2.19. The zero-order valence-electron chi connectivity index (χ0n) is 15.8. The van der Waals surface area contributed by atoms with Gasteiger partial charge in [-0.1, -0.05) is 12.1 Å². The Morgan fingerprint density at radius 1 is 1.10 bits per heavy atom. The number of benzene rings is 2. The van der Waals surface area contributed by atoms with E-state index in [1.165, 1.54) is 20.3 Å². The molecule has 8 heteroatoms. The lowest BCUT2D eigenvalue weighted by molar-refractivity contribution is -0.140. The molecule has 1 aliphatic heterocycles.